The summed E-state index contributed by atoms with van der Waals surface area (Å²) in [5, 5.41) is 3.29. The molecule has 1 aromatic rings. The molecule has 1 aliphatic heterocycles. The Balaban J connectivity index is 1.81. The first kappa shape index (κ1) is 14.1. The number of piperidine rings is 1. The van der Waals surface area contributed by atoms with E-state index in [9.17, 15) is 4.79 Å². The van der Waals surface area contributed by atoms with Gasteiger partial charge < -0.3 is 10.2 Å². The Hall–Kier alpha value is -1.35. The Morgan fingerprint density at radius 1 is 1.32 bits per heavy atom. The summed E-state index contributed by atoms with van der Waals surface area (Å²) in [4.78, 5) is 14.2. The predicted octanol–water partition coefficient (Wildman–Crippen LogP) is 2.14. The third kappa shape index (κ3) is 3.80. The van der Waals surface area contributed by atoms with Crippen molar-refractivity contribution in [1.29, 1.82) is 0 Å². The second-order valence-electron chi connectivity index (χ2n) is 5.37. The van der Waals surface area contributed by atoms with Crippen LogP contribution in [0.1, 0.15) is 30.4 Å². The van der Waals surface area contributed by atoms with Crippen molar-refractivity contribution >= 4 is 5.91 Å². The van der Waals surface area contributed by atoms with Crippen LogP contribution in [0.2, 0.25) is 0 Å². The number of amides is 1. The highest BCUT2D eigenvalue weighted by molar-refractivity contribution is 5.76. The molecule has 1 heterocycles. The molecule has 1 aromatic carbocycles. The van der Waals surface area contributed by atoms with Crippen LogP contribution in [0.25, 0.3) is 0 Å². The van der Waals surface area contributed by atoms with Gasteiger partial charge in [0, 0.05) is 25.6 Å². The van der Waals surface area contributed by atoms with Crippen molar-refractivity contribution in [2.45, 2.75) is 38.6 Å². The second kappa shape index (κ2) is 6.71. The Bertz CT molecular complexity index is 423. The van der Waals surface area contributed by atoms with Gasteiger partial charge in [0.05, 0.1) is 0 Å². The van der Waals surface area contributed by atoms with Crippen molar-refractivity contribution in [1.82, 2.24) is 10.2 Å². The quantitative estimate of drug-likeness (QED) is 0.899. The summed E-state index contributed by atoms with van der Waals surface area (Å²) >= 11 is 0. The third-order valence-electron chi connectivity index (χ3n) is 4.13. The van der Waals surface area contributed by atoms with E-state index in [2.05, 4.69) is 24.4 Å². The number of carbonyl (C=O) groups is 1. The molecule has 0 saturated carbocycles. The number of likely N-dealkylation sites (tertiary alicyclic amines) is 1. The molecule has 19 heavy (non-hydrogen) atoms. The molecule has 1 N–H and O–H groups in total. The lowest BCUT2D eigenvalue weighted by Gasteiger charge is -2.32. The fourth-order valence-corrected chi connectivity index (χ4v) is 2.71. The minimum absolute atomic E-state index is 0.304. The number of nitrogens with one attached hydrogen (secondary N) is 1. The molecule has 0 unspecified atom stereocenters. The maximum atomic E-state index is 12.2. The molecule has 1 saturated heterocycles. The van der Waals surface area contributed by atoms with Gasteiger partial charge in [0.25, 0.3) is 0 Å². The molecule has 0 radical (unpaired) electrons. The van der Waals surface area contributed by atoms with E-state index >= 15 is 0 Å². The van der Waals surface area contributed by atoms with Crippen molar-refractivity contribution in [2.24, 2.45) is 0 Å². The lowest BCUT2D eigenvalue weighted by molar-refractivity contribution is -0.132. The zero-order chi connectivity index (χ0) is 13.7. The molecule has 0 aromatic heterocycles. The van der Waals surface area contributed by atoms with Gasteiger partial charge in [-0.05, 0) is 44.4 Å². The van der Waals surface area contributed by atoms with E-state index in [1.807, 2.05) is 24.1 Å². The van der Waals surface area contributed by atoms with Gasteiger partial charge in [0.15, 0.2) is 0 Å². The maximum absolute atomic E-state index is 12.2. The minimum Gasteiger partial charge on any atom is -0.343 e. The normalized spacial score (nSPS) is 16.6. The Kier molecular flexibility index (Phi) is 4.97. The molecule has 2 rings (SSSR count). The summed E-state index contributed by atoms with van der Waals surface area (Å²) in [7, 11) is 2.00. The maximum Gasteiger partial charge on any atom is 0.222 e. The van der Waals surface area contributed by atoms with Crippen molar-refractivity contribution in [3.63, 3.8) is 0 Å². The van der Waals surface area contributed by atoms with E-state index in [1.165, 1.54) is 11.1 Å². The molecule has 1 fully saturated rings. The molecule has 3 nitrogen and oxygen atoms in total. The summed E-state index contributed by atoms with van der Waals surface area (Å²) in [6.45, 7) is 3.91. The molecule has 0 atom stereocenters. The van der Waals surface area contributed by atoms with Crippen LogP contribution in [-0.2, 0) is 11.2 Å². The van der Waals surface area contributed by atoms with Gasteiger partial charge >= 0.3 is 0 Å². The first-order chi connectivity index (χ1) is 9.20. The van der Waals surface area contributed by atoms with Crippen molar-refractivity contribution in [2.75, 3.05) is 20.1 Å². The van der Waals surface area contributed by atoms with Crippen LogP contribution in [0.15, 0.2) is 24.3 Å². The summed E-state index contributed by atoms with van der Waals surface area (Å²) in [6, 6.07) is 8.91. The first-order valence-electron chi connectivity index (χ1n) is 7.20. The summed E-state index contributed by atoms with van der Waals surface area (Å²) in [5.41, 5.74) is 2.57. The molecule has 3 heteroatoms. The van der Waals surface area contributed by atoms with E-state index in [4.69, 9.17) is 0 Å². The van der Waals surface area contributed by atoms with Crippen LogP contribution >= 0.6 is 0 Å². The fourth-order valence-electron chi connectivity index (χ4n) is 2.71. The number of aryl methyl sites for hydroxylation is 2. The smallest absolute Gasteiger partial charge is 0.222 e. The summed E-state index contributed by atoms with van der Waals surface area (Å²) in [6.07, 6.45) is 3.64. The lowest BCUT2D eigenvalue weighted by atomic mass is 10.0. The number of nitrogens with zero attached hydrogens (tertiary/aromatic N) is 1. The predicted molar refractivity (Wildman–Crippen MR) is 78.2 cm³/mol. The first-order valence-corrected chi connectivity index (χ1v) is 7.20. The van der Waals surface area contributed by atoms with E-state index in [0.29, 0.717) is 18.4 Å². The number of carbonyl (C=O) groups excluding carboxylic acids is 1. The SMILES string of the molecule is CNC1CCN(C(=O)CCc2ccccc2C)CC1. The van der Waals surface area contributed by atoms with Gasteiger partial charge in [-0.15, -0.1) is 0 Å². The highest BCUT2D eigenvalue weighted by Crippen LogP contribution is 2.14. The van der Waals surface area contributed by atoms with Crippen molar-refractivity contribution in [3.05, 3.63) is 35.4 Å². The van der Waals surface area contributed by atoms with Gasteiger partial charge in [-0.1, -0.05) is 24.3 Å². The molecule has 0 spiro atoms. The minimum atomic E-state index is 0.304. The van der Waals surface area contributed by atoms with Crippen molar-refractivity contribution < 1.29 is 4.79 Å². The largest absolute Gasteiger partial charge is 0.343 e. The highest BCUT2D eigenvalue weighted by atomic mass is 16.2. The van der Waals surface area contributed by atoms with Gasteiger partial charge in [-0.3, -0.25) is 4.79 Å². The number of hydrogen-bond acceptors (Lipinski definition) is 2. The van der Waals surface area contributed by atoms with Crippen LogP contribution in [0.5, 0.6) is 0 Å². The molecular weight excluding hydrogens is 236 g/mol. The molecular formula is C16H24N2O. The Morgan fingerprint density at radius 2 is 2.00 bits per heavy atom. The molecule has 104 valence electrons. The zero-order valence-corrected chi connectivity index (χ0v) is 12.0. The Morgan fingerprint density at radius 3 is 2.63 bits per heavy atom. The van der Waals surface area contributed by atoms with Crippen LogP contribution in [-0.4, -0.2) is 37.0 Å². The van der Waals surface area contributed by atoms with E-state index in [-0.39, 0.29) is 0 Å². The van der Waals surface area contributed by atoms with Gasteiger partial charge in [-0.2, -0.15) is 0 Å². The van der Waals surface area contributed by atoms with Crippen LogP contribution in [0.3, 0.4) is 0 Å². The standard InChI is InChI=1S/C16H24N2O/c1-13-5-3-4-6-14(13)7-8-16(19)18-11-9-15(17-2)10-12-18/h3-6,15,17H,7-12H2,1-2H3. The zero-order valence-electron chi connectivity index (χ0n) is 12.0. The Labute approximate surface area is 116 Å². The summed E-state index contributed by atoms with van der Waals surface area (Å²) < 4.78 is 0. The summed E-state index contributed by atoms with van der Waals surface area (Å²) in [5.74, 6) is 0.304. The van der Waals surface area contributed by atoms with Gasteiger partial charge in [0.1, 0.15) is 0 Å². The van der Waals surface area contributed by atoms with Crippen molar-refractivity contribution in [3.8, 4) is 0 Å². The highest BCUT2D eigenvalue weighted by Gasteiger charge is 2.21. The molecule has 0 aliphatic carbocycles. The second-order valence-corrected chi connectivity index (χ2v) is 5.37. The fraction of sp³-hybridized carbons (Fsp3) is 0.562. The number of benzene rings is 1. The third-order valence-corrected chi connectivity index (χ3v) is 4.13. The van der Waals surface area contributed by atoms with Crippen LogP contribution in [0.4, 0.5) is 0 Å². The van der Waals surface area contributed by atoms with Crippen LogP contribution < -0.4 is 5.32 Å². The average molecular weight is 260 g/mol. The molecule has 0 bridgehead atoms. The average Bonchev–Trinajstić information content (AvgIpc) is 2.46. The van der Waals surface area contributed by atoms with Gasteiger partial charge in [-0.25, -0.2) is 0 Å². The van der Waals surface area contributed by atoms with E-state index in [0.717, 1.165) is 32.4 Å². The molecule has 1 aliphatic rings. The van der Waals surface area contributed by atoms with E-state index < -0.39 is 0 Å². The number of rotatable bonds is 4. The lowest BCUT2D eigenvalue weighted by Crippen LogP contribution is -2.44. The van der Waals surface area contributed by atoms with Crippen LogP contribution in [0, 0.1) is 6.92 Å². The monoisotopic (exact) mass is 260 g/mol. The molecule has 1 amide bonds. The topological polar surface area (TPSA) is 32.3 Å². The number of hydrogen-bond donors (Lipinski definition) is 1. The van der Waals surface area contributed by atoms with Gasteiger partial charge in [0.2, 0.25) is 5.91 Å². The van der Waals surface area contributed by atoms with E-state index in [1.54, 1.807) is 0 Å².